The molecular formula is C20H25N5O. The second-order valence-electron chi connectivity index (χ2n) is 7.05. The SMILES string of the molecule is Cc1cc(CN2Cc3cccn3C[C@H](CCNc3ccccn3)C2)no1. The monoisotopic (exact) mass is 351 g/mol. The van der Waals surface area contributed by atoms with Crippen molar-refractivity contribution in [3.63, 3.8) is 0 Å². The molecule has 0 aliphatic carbocycles. The lowest BCUT2D eigenvalue weighted by molar-refractivity contribution is 0.211. The molecule has 0 saturated heterocycles. The first-order valence-corrected chi connectivity index (χ1v) is 9.20. The van der Waals surface area contributed by atoms with E-state index in [1.807, 2.05) is 37.4 Å². The minimum atomic E-state index is 0.577. The van der Waals surface area contributed by atoms with Crippen molar-refractivity contribution in [3.8, 4) is 0 Å². The summed E-state index contributed by atoms with van der Waals surface area (Å²) in [5.41, 5.74) is 2.37. The van der Waals surface area contributed by atoms with Crippen molar-refractivity contribution in [2.75, 3.05) is 18.4 Å². The first kappa shape index (κ1) is 16.8. The van der Waals surface area contributed by atoms with E-state index in [0.29, 0.717) is 5.92 Å². The summed E-state index contributed by atoms with van der Waals surface area (Å²) < 4.78 is 7.62. The predicted octanol–water partition coefficient (Wildman–Crippen LogP) is 3.31. The quantitative estimate of drug-likeness (QED) is 0.738. The number of fused-ring (bicyclic) bond motifs is 1. The third-order valence-electron chi connectivity index (χ3n) is 4.87. The summed E-state index contributed by atoms with van der Waals surface area (Å²) in [6, 6.07) is 12.3. The molecule has 0 fully saturated rings. The third kappa shape index (κ3) is 4.14. The molecule has 26 heavy (non-hydrogen) atoms. The molecule has 0 spiro atoms. The van der Waals surface area contributed by atoms with Crippen LogP contribution in [0.25, 0.3) is 0 Å². The van der Waals surface area contributed by atoms with E-state index in [4.69, 9.17) is 4.52 Å². The molecule has 1 aliphatic rings. The van der Waals surface area contributed by atoms with E-state index in [1.165, 1.54) is 5.69 Å². The maximum Gasteiger partial charge on any atom is 0.133 e. The van der Waals surface area contributed by atoms with Crippen molar-refractivity contribution >= 4 is 5.82 Å². The highest BCUT2D eigenvalue weighted by Crippen LogP contribution is 2.21. The number of rotatable bonds is 6. The zero-order valence-electron chi connectivity index (χ0n) is 15.1. The summed E-state index contributed by atoms with van der Waals surface area (Å²) in [5.74, 6) is 2.39. The first-order valence-electron chi connectivity index (χ1n) is 9.20. The number of aryl methyl sites for hydroxylation is 1. The second-order valence-corrected chi connectivity index (χ2v) is 7.05. The number of pyridine rings is 1. The highest BCUT2D eigenvalue weighted by atomic mass is 16.5. The van der Waals surface area contributed by atoms with Crippen molar-refractivity contribution in [3.05, 3.63) is 65.9 Å². The van der Waals surface area contributed by atoms with Crippen molar-refractivity contribution in [2.45, 2.75) is 33.0 Å². The molecule has 3 aromatic rings. The maximum absolute atomic E-state index is 5.23. The molecule has 4 heterocycles. The Kier molecular flexibility index (Phi) is 5.02. The largest absolute Gasteiger partial charge is 0.370 e. The molecule has 0 bridgehead atoms. The number of aromatic nitrogens is 3. The Morgan fingerprint density at radius 3 is 3.00 bits per heavy atom. The van der Waals surface area contributed by atoms with Crippen molar-refractivity contribution in [2.24, 2.45) is 5.92 Å². The minimum absolute atomic E-state index is 0.577. The average molecular weight is 351 g/mol. The van der Waals surface area contributed by atoms with Gasteiger partial charge in [-0.15, -0.1) is 0 Å². The van der Waals surface area contributed by atoms with Crippen molar-refractivity contribution in [1.29, 1.82) is 0 Å². The smallest absolute Gasteiger partial charge is 0.133 e. The van der Waals surface area contributed by atoms with E-state index in [9.17, 15) is 0 Å². The van der Waals surface area contributed by atoms with E-state index >= 15 is 0 Å². The third-order valence-corrected chi connectivity index (χ3v) is 4.87. The van der Waals surface area contributed by atoms with E-state index in [2.05, 4.69) is 43.3 Å². The lowest BCUT2D eigenvalue weighted by atomic mass is 10.0. The van der Waals surface area contributed by atoms with Gasteiger partial charge in [-0.05, 0) is 43.5 Å². The molecule has 6 heteroatoms. The highest BCUT2D eigenvalue weighted by Gasteiger charge is 2.22. The zero-order chi connectivity index (χ0) is 17.8. The van der Waals surface area contributed by atoms with Crippen molar-refractivity contribution in [1.82, 2.24) is 19.6 Å². The van der Waals surface area contributed by atoms with Crippen LogP contribution in [0.2, 0.25) is 0 Å². The molecule has 0 amide bonds. The van der Waals surface area contributed by atoms with Crippen LogP contribution in [0.1, 0.15) is 23.6 Å². The average Bonchev–Trinajstić information content (AvgIpc) is 3.21. The van der Waals surface area contributed by atoms with Gasteiger partial charge in [0.25, 0.3) is 0 Å². The van der Waals surface area contributed by atoms with Crippen LogP contribution in [0.3, 0.4) is 0 Å². The summed E-state index contributed by atoms with van der Waals surface area (Å²) in [7, 11) is 0. The Morgan fingerprint density at radius 2 is 2.19 bits per heavy atom. The Labute approximate surface area is 153 Å². The van der Waals surface area contributed by atoms with Crippen LogP contribution in [0.5, 0.6) is 0 Å². The van der Waals surface area contributed by atoms with Gasteiger partial charge in [-0.1, -0.05) is 11.2 Å². The van der Waals surface area contributed by atoms with Gasteiger partial charge in [-0.2, -0.15) is 0 Å². The van der Waals surface area contributed by atoms with Gasteiger partial charge in [0.05, 0.1) is 5.69 Å². The fourth-order valence-corrected chi connectivity index (χ4v) is 3.66. The predicted molar refractivity (Wildman–Crippen MR) is 101 cm³/mol. The van der Waals surface area contributed by atoms with Gasteiger partial charge in [0.2, 0.25) is 0 Å². The van der Waals surface area contributed by atoms with Crippen LogP contribution in [0, 0.1) is 12.8 Å². The van der Waals surface area contributed by atoms with E-state index in [0.717, 1.165) is 56.4 Å². The van der Waals surface area contributed by atoms with E-state index in [-0.39, 0.29) is 0 Å². The van der Waals surface area contributed by atoms with E-state index < -0.39 is 0 Å². The number of hydrogen-bond acceptors (Lipinski definition) is 5. The minimum Gasteiger partial charge on any atom is -0.370 e. The van der Waals surface area contributed by atoms with Gasteiger partial charge in [0, 0.05) is 56.9 Å². The van der Waals surface area contributed by atoms with Crippen molar-refractivity contribution < 1.29 is 4.52 Å². The van der Waals surface area contributed by atoms with Gasteiger partial charge < -0.3 is 14.4 Å². The molecule has 1 aliphatic heterocycles. The first-order chi connectivity index (χ1) is 12.8. The Bertz CT molecular complexity index is 826. The van der Waals surface area contributed by atoms with Crippen LogP contribution >= 0.6 is 0 Å². The number of hydrogen-bond donors (Lipinski definition) is 1. The lowest BCUT2D eigenvalue weighted by Crippen LogP contribution is -2.28. The van der Waals surface area contributed by atoms with Gasteiger partial charge in [-0.3, -0.25) is 4.90 Å². The number of anilines is 1. The normalized spacial score (nSPS) is 17.7. The zero-order valence-corrected chi connectivity index (χ0v) is 15.1. The standard InChI is InChI=1S/C20H25N5O/c1-16-11-18(23-26-16)14-24-12-17(13-25-10-4-5-19(25)15-24)7-9-22-20-6-2-3-8-21-20/h2-6,8,10-11,17H,7,9,12-15H2,1H3,(H,21,22)/t17-/m1/s1. The Hall–Kier alpha value is -2.60. The molecule has 3 aromatic heterocycles. The van der Waals surface area contributed by atoms with E-state index in [1.54, 1.807) is 0 Å². The molecule has 0 saturated carbocycles. The van der Waals surface area contributed by atoms with Gasteiger partial charge in [0.15, 0.2) is 0 Å². The van der Waals surface area contributed by atoms with Crippen LogP contribution < -0.4 is 5.32 Å². The van der Waals surface area contributed by atoms with Gasteiger partial charge >= 0.3 is 0 Å². The fraction of sp³-hybridized carbons (Fsp3) is 0.400. The summed E-state index contributed by atoms with van der Waals surface area (Å²) in [6.45, 7) is 6.75. The molecule has 136 valence electrons. The summed E-state index contributed by atoms with van der Waals surface area (Å²) in [6.07, 6.45) is 5.11. The second kappa shape index (κ2) is 7.74. The molecular weight excluding hydrogens is 326 g/mol. The van der Waals surface area contributed by atoms with Crippen LogP contribution in [0.15, 0.2) is 53.3 Å². The number of nitrogens with one attached hydrogen (secondary N) is 1. The summed E-state index contributed by atoms with van der Waals surface area (Å²) in [5, 5.41) is 7.60. The summed E-state index contributed by atoms with van der Waals surface area (Å²) in [4.78, 5) is 6.81. The molecule has 0 unspecified atom stereocenters. The van der Waals surface area contributed by atoms with Crippen LogP contribution in [0.4, 0.5) is 5.82 Å². The topological polar surface area (TPSA) is 59.1 Å². The Morgan fingerprint density at radius 1 is 1.23 bits per heavy atom. The highest BCUT2D eigenvalue weighted by molar-refractivity contribution is 5.32. The Balaban J connectivity index is 1.40. The van der Waals surface area contributed by atoms with Gasteiger partial charge in [0.1, 0.15) is 11.6 Å². The molecule has 4 rings (SSSR count). The van der Waals surface area contributed by atoms with Crippen LogP contribution in [-0.2, 0) is 19.6 Å². The number of nitrogens with zero attached hydrogens (tertiary/aromatic N) is 4. The molecule has 0 radical (unpaired) electrons. The molecule has 6 nitrogen and oxygen atoms in total. The van der Waals surface area contributed by atoms with Crippen LogP contribution in [-0.4, -0.2) is 32.7 Å². The maximum atomic E-state index is 5.23. The fourth-order valence-electron chi connectivity index (χ4n) is 3.66. The summed E-state index contributed by atoms with van der Waals surface area (Å²) >= 11 is 0. The molecule has 1 N–H and O–H groups in total. The molecule has 1 atom stereocenters. The lowest BCUT2D eigenvalue weighted by Gasteiger charge is -2.23. The van der Waals surface area contributed by atoms with Gasteiger partial charge in [-0.25, -0.2) is 4.98 Å². The molecule has 0 aromatic carbocycles.